The second-order valence-corrected chi connectivity index (χ2v) is 6.92. The summed E-state index contributed by atoms with van der Waals surface area (Å²) in [5.41, 5.74) is 1.36. The summed E-state index contributed by atoms with van der Waals surface area (Å²) in [6.07, 6.45) is 6.85. The number of nitrogens with zero attached hydrogens (tertiary/aromatic N) is 4. The van der Waals surface area contributed by atoms with E-state index in [0.717, 1.165) is 24.6 Å². The van der Waals surface area contributed by atoms with Crippen LogP contribution in [0.15, 0.2) is 12.4 Å². The third-order valence-corrected chi connectivity index (χ3v) is 4.71. The van der Waals surface area contributed by atoms with E-state index >= 15 is 0 Å². The standard InChI is InChI=1S/C16H26N6/c1-12-10-14(22-15(21-12)19-11-20-22)18-9-8-17-13-6-4-5-7-16(13,2)3/h10-11,13,17-18H,4-9H2,1-3H3/t13-/m0/s1. The molecule has 0 spiro atoms. The van der Waals surface area contributed by atoms with E-state index < -0.39 is 0 Å². The summed E-state index contributed by atoms with van der Waals surface area (Å²) in [5, 5.41) is 11.4. The van der Waals surface area contributed by atoms with Gasteiger partial charge in [-0.3, -0.25) is 0 Å². The Morgan fingerprint density at radius 2 is 2.18 bits per heavy atom. The summed E-state index contributed by atoms with van der Waals surface area (Å²) in [4.78, 5) is 8.50. The van der Waals surface area contributed by atoms with Gasteiger partial charge in [0.05, 0.1) is 0 Å². The molecule has 3 rings (SSSR count). The van der Waals surface area contributed by atoms with Crippen molar-refractivity contribution in [3.63, 3.8) is 0 Å². The van der Waals surface area contributed by atoms with E-state index in [4.69, 9.17) is 0 Å². The second-order valence-electron chi connectivity index (χ2n) is 6.92. The van der Waals surface area contributed by atoms with Crippen LogP contribution in [-0.2, 0) is 0 Å². The Bertz CT molecular complexity index is 633. The van der Waals surface area contributed by atoms with Crippen molar-refractivity contribution >= 4 is 11.6 Å². The highest BCUT2D eigenvalue weighted by molar-refractivity contribution is 5.44. The SMILES string of the molecule is Cc1cc(NCCN[C@H]2CCCCC2(C)C)n2ncnc2n1. The van der Waals surface area contributed by atoms with Crippen LogP contribution in [0.3, 0.4) is 0 Å². The van der Waals surface area contributed by atoms with Crippen LogP contribution in [0.2, 0.25) is 0 Å². The van der Waals surface area contributed by atoms with E-state index in [1.807, 2.05) is 13.0 Å². The number of fused-ring (bicyclic) bond motifs is 1. The van der Waals surface area contributed by atoms with Gasteiger partial charge in [-0.1, -0.05) is 26.7 Å². The van der Waals surface area contributed by atoms with Gasteiger partial charge in [0.15, 0.2) is 0 Å². The highest BCUT2D eigenvalue weighted by atomic mass is 15.3. The number of hydrogen-bond acceptors (Lipinski definition) is 5. The second kappa shape index (κ2) is 6.20. The molecule has 0 aromatic carbocycles. The quantitative estimate of drug-likeness (QED) is 0.830. The molecule has 1 aliphatic rings. The maximum atomic E-state index is 4.35. The molecule has 2 aromatic heterocycles. The molecule has 2 N–H and O–H groups in total. The Labute approximate surface area is 131 Å². The van der Waals surface area contributed by atoms with Crippen molar-refractivity contribution < 1.29 is 0 Å². The number of rotatable bonds is 5. The van der Waals surface area contributed by atoms with Crippen LogP contribution in [0.1, 0.15) is 45.2 Å². The minimum absolute atomic E-state index is 0.407. The average molecular weight is 302 g/mol. The van der Waals surface area contributed by atoms with E-state index in [1.54, 1.807) is 4.52 Å². The maximum absolute atomic E-state index is 4.35. The number of nitrogens with one attached hydrogen (secondary N) is 2. The third-order valence-electron chi connectivity index (χ3n) is 4.71. The molecule has 0 aliphatic heterocycles. The van der Waals surface area contributed by atoms with Crippen molar-refractivity contribution in [3.8, 4) is 0 Å². The lowest BCUT2D eigenvalue weighted by molar-refractivity contribution is 0.170. The van der Waals surface area contributed by atoms with E-state index in [9.17, 15) is 0 Å². The molecule has 6 heteroatoms. The molecule has 0 amide bonds. The number of aromatic nitrogens is 4. The summed E-state index contributed by atoms with van der Waals surface area (Å²) < 4.78 is 1.75. The summed E-state index contributed by atoms with van der Waals surface area (Å²) >= 11 is 0. The van der Waals surface area contributed by atoms with Crippen molar-refractivity contribution in [2.75, 3.05) is 18.4 Å². The first-order valence-corrected chi connectivity index (χ1v) is 8.21. The van der Waals surface area contributed by atoms with E-state index in [0.29, 0.717) is 17.2 Å². The Morgan fingerprint density at radius 3 is 3.00 bits per heavy atom. The van der Waals surface area contributed by atoms with Gasteiger partial charge in [0.1, 0.15) is 12.1 Å². The predicted octanol–water partition coefficient (Wildman–Crippen LogP) is 2.40. The highest BCUT2D eigenvalue weighted by Crippen LogP contribution is 2.35. The molecule has 2 heterocycles. The predicted molar refractivity (Wildman–Crippen MR) is 88.0 cm³/mol. The summed E-state index contributed by atoms with van der Waals surface area (Å²) in [6, 6.07) is 2.63. The average Bonchev–Trinajstić information content (AvgIpc) is 2.92. The fourth-order valence-corrected chi connectivity index (χ4v) is 3.37. The topological polar surface area (TPSA) is 67.1 Å². The first-order valence-electron chi connectivity index (χ1n) is 8.21. The minimum Gasteiger partial charge on any atom is -0.369 e. The Hall–Kier alpha value is -1.69. The van der Waals surface area contributed by atoms with Crippen molar-refractivity contribution in [3.05, 3.63) is 18.1 Å². The third kappa shape index (κ3) is 3.21. The lowest BCUT2D eigenvalue weighted by atomic mass is 9.73. The van der Waals surface area contributed by atoms with E-state index in [1.165, 1.54) is 32.0 Å². The highest BCUT2D eigenvalue weighted by Gasteiger charge is 2.31. The zero-order valence-electron chi connectivity index (χ0n) is 13.8. The Balaban J connectivity index is 1.55. The first-order chi connectivity index (χ1) is 10.6. The van der Waals surface area contributed by atoms with Gasteiger partial charge in [-0.2, -0.15) is 14.6 Å². The lowest BCUT2D eigenvalue weighted by Gasteiger charge is -2.39. The van der Waals surface area contributed by atoms with E-state index in [2.05, 4.69) is 39.5 Å². The molecule has 1 aliphatic carbocycles. The molecule has 1 fully saturated rings. The number of hydrogen-bond donors (Lipinski definition) is 2. The molecule has 120 valence electrons. The van der Waals surface area contributed by atoms with Crippen LogP contribution in [0, 0.1) is 12.3 Å². The van der Waals surface area contributed by atoms with Gasteiger partial charge in [-0.15, -0.1) is 0 Å². The molecule has 22 heavy (non-hydrogen) atoms. The molecule has 1 saturated carbocycles. The van der Waals surface area contributed by atoms with Crippen molar-refractivity contribution in [1.29, 1.82) is 0 Å². The molecular formula is C16H26N6. The normalized spacial score (nSPS) is 21.1. The molecular weight excluding hydrogens is 276 g/mol. The molecule has 0 bridgehead atoms. The van der Waals surface area contributed by atoms with Gasteiger partial charge in [-0.05, 0) is 25.2 Å². The van der Waals surface area contributed by atoms with Crippen LogP contribution < -0.4 is 10.6 Å². The number of aryl methyl sites for hydroxylation is 1. The Morgan fingerprint density at radius 1 is 1.32 bits per heavy atom. The van der Waals surface area contributed by atoms with Gasteiger partial charge in [-0.25, -0.2) is 4.98 Å². The summed E-state index contributed by atoms with van der Waals surface area (Å²) in [5.74, 6) is 1.59. The summed E-state index contributed by atoms with van der Waals surface area (Å²) in [7, 11) is 0. The lowest BCUT2D eigenvalue weighted by Crippen LogP contribution is -2.45. The first kappa shape index (κ1) is 15.2. The largest absolute Gasteiger partial charge is 0.369 e. The zero-order chi connectivity index (χ0) is 15.6. The molecule has 2 aromatic rings. The fourth-order valence-electron chi connectivity index (χ4n) is 3.37. The molecule has 1 atom stereocenters. The van der Waals surface area contributed by atoms with Crippen LogP contribution in [0.5, 0.6) is 0 Å². The molecule has 6 nitrogen and oxygen atoms in total. The van der Waals surface area contributed by atoms with Gasteiger partial charge in [0, 0.05) is 30.9 Å². The van der Waals surface area contributed by atoms with Crippen LogP contribution >= 0.6 is 0 Å². The van der Waals surface area contributed by atoms with Crippen LogP contribution in [0.4, 0.5) is 5.82 Å². The number of anilines is 1. The molecule has 0 unspecified atom stereocenters. The van der Waals surface area contributed by atoms with Gasteiger partial charge in [0.25, 0.3) is 5.78 Å². The van der Waals surface area contributed by atoms with Gasteiger partial charge < -0.3 is 10.6 Å². The Kier molecular flexibility index (Phi) is 4.29. The van der Waals surface area contributed by atoms with Crippen molar-refractivity contribution in [2.24, 2.45) is 5.41 Å². The minimum atomic E-state index is 0.407. The van der Waals surface area contributed by atoms with Crippen molar-refractivity contribution in [2.45, 2.75) is 52.5 Å². The fraction of sp³-hybridized carbons (Fsp3) is 0.688. The zero-order valence-corrected chi connectivity index (χ0v) is 13.8. The van der Waals surface area contributed by atoms with E-state index in [-0.39, 0.29) is 0 Å². The monoisotopic (exact) mass is 302 g/mol. The summed E-state index contributed by atoms with van der Waals surface area (Å²) in [6.45, 7) is 8.55. The van der Waals surface area contributed by atoms with Gasteiger partial charge in [0.2, 0.25) is 0 Å². The van der Waals surface area contributed by atoms with Crippen LogP contribution in [-0.4, -0.2) is 38.7 Å². The molecule has 0 saturated heterocycles. The maximum Gasteiger partial charge on any atom is 0.254 e. The molecule has 0 radical (unpaired) electrons. The van der Waals surface area contributed by atoms with Crippen molar-refractivity contribution in [1.82, 2.24) is 24.9 Å². The smallest absolute Gasteiger partial charge is 0.254 e. The van der Waals surface area contributed by atoms with Gasteiger partial charge >= 0.3 is 0 Å². The van der Waals surface area contributed by atoms with Crippen LogP contribution in [0.25, 0.3) is 5.78 Å².